The summed E-state index contributed by atoms with van der Waals surface area (Å²) in [6, 6.07) is 19.3. The lowest BCUT2D eigenvalue weighted by atomic mass is 10.2. The number of esters is 1. The van der Waals surface area contributed by atoms with Crippen LogP contribution >= 0.6 is 0 Å². The van der Waals surface area contributed by atoms with Crippen LogP contribution in [0.25, 0.3) is 0 Å². The standard InChI is InChI=1S/C22H24N4O2/c1-4-26(15-17-8-6-5-7-9-17)21-14-20(23-16(2)24-21)25-19-12-10-18(11-13-19)22(27)28-3/h5-14H,4,15H2,1-3H3,(H,23,24,25). The van der Waals surface area contributed by atoms with Crippen LogP contribution in [0.1, 0.15) is 28.7 Å². The fraction of sp³-hybridized carbons (Fsp3) is 0.227. The van der Waals surface area contributed by atoms with E-state index in [1.54, 1.807) is 12.1 Å². The predicted octanol–water partition coefficient (Wildman–Crippen LogP) is 4.34. The number of nitrogens with one attached hydrogen (secondary N) is 1. The van der Waals surface area contributed by atoms with Crippen molar-refractivity contribution < 1.29 is 9.53 Å². The summed E-state index contributed by atoms with van der Waals surface area (Å²) in [6.07, 6.45) is 0. The van der Waals surface area contributed by atoms with Crippen LogP contribution in [0.4, 0.5) is 17.3 Å². The lowest BCUT2D eigenvalue weighted by Crippen LogP contribution is -2.23. The van der Waals surface area contributed by atoms with Gasteiger partial charge in [0.1, 0.15) is 17.5 Å². The number of carbonyl (C=O) groups is 1. The molecular formula is C22H24N4O2. The van der Waals surface area contributed by atoms with Gasteiger partial charge in [0.05, 0.1) is 12.7 Å². The molecule has 0 spiro atoms. The number of rotatable bonds is 7. The van der Waals surface area contributed by atoms with Crippen molar-refractivity contribution in [1.82, 2.24) is 9.97 Å². The molecular weight excluding hydrogens is 352 g/mol. The molecule has 3 rings (SSSR count). The fourth-order valence-corrected chi connectivity index (χ4v) is 2.89. The molecule has 2 aromatic carbocycles. The number of hydrogen-bond acceptors (Lipinski definition) is 6. The minimum Gasteiger partial charge on any atom is -0.465 e. The van der Waals surface area contributed by atoms with Gasteiger partial charge in [-0.25, -0.2) is 14.8 Å². The van der Waals surface area contributed by atoms with Gasteiger partial charge in [-0.05, 0) is 43.7 Å². The number of nitrogens with zero attached hydrogens (tertiary/aromatic N) is 3. The molecule has 0 atom stereocenters. The first-order valence-electron chi connectivity index (χ1n) is 9.19. The van der Waals surface area contributed by atoms with Crippen LogP contribution in [0, 0.1) is 6.92 Å². The van der Waals surface area contributed by atoms with Crippen molar-refractivity contribution in [3.63, 3.8) is 0 Å². The van der Waals surface area contributed by atoms with E-state index in [-0.39, 0.29) is 5.97 Å². The first-order chi connectivity index (χ1) is 13.6. The van der Waals surface area contributed by atoms with Crippen molar-refractivity contribution in [2.24, 2.45) is 0 Å². The third-order valence-corrected chi connectivity index (χ3v) is 4.32. The first-order valence-corrected chi connectivity index (χ1v) is 9.19. The number of anilines is 3. The van der Waals surface area contributed by atoms with E-state index >= 15 is 0 Å². The Bertz CT molecular complexity index is 927. The average Bonchev–Trinajstić information content (AvgIpc) is 2.72. The Morgan fingerprint density at radius 2 is 1.79 bits per heavy atom. The summed E-state index contributed by atoms with van der Waals surface area (Å²) in [5, 5.41) is 3.28. The molecule has 0 bridgehead atoms. The fourth-order valence-electron chi connectivity index (χ4n) is 2.89. The van der Waals surface area contributed by atoms with Crippen LogP contribution in [0.2, 0.25) is 0 Å². The Kier molecular flexibility index (Phi) is 6.22. The van der Waals surface area contributed by atoms with Gasteiger partial charge in [-0.2, -0.15) is 0 Å². The van der Waals surface area contributed by atoms with Gasteiger partial charge in [-0.15, -0.1) is 0 Å². The molecule has 0 saturated carbocycles. The Morgan fingerprint density at radius 1 is 1.07 bits per heavy atom. The van der Waals surface area contributed by atoms with Crippen molar-refractivity contribution in [2.45, 2.75) is 20.4 Å². The minimum absolute atomic E-state index is 0.355. The van der Waals surface area contributed by atoms with Gasteiger partial charge in [0.15, 0.2) is 0 Å². The second kappa shape index (κ2) is 8.99. The molecule has 1 N–H and O–H groups in total. The molecule has 0 radical (unpaired) electrons. The zero-order valence-electron chi connectivity index (χ0n) is 16.3. The zero-order chi connectivity index (χ0) is 19.9. The van der Waals surface area contributed by atoms with Crippen LogP contribution in [0.5, 0.6) is 0 Å². The summed E-state index contributed by atoms with van der Waals surface area (Å²) in [5.74, 6) is 1.91. The van der Waals surface area contributed by atoms with E-state index in [0.29, 0.717) is 17.2 Å². The van der Waals surface area contributed by atoms with Crippen molar-refractivity contribution in [1.29, 1.82) is 0 Å². The van der Waals surface area contributed by atoms with Crippen molar-refractivity contribution in [3.8, 4) is 0 Å². The van der Waals surface area contributed by atoms with Gasteiger partial charge in [0, 0.05) is 24.8 Å². The highest BCUT2D eigenvalue weighted by atomic mass is 16.5. The number of carbonyl (C=O) groups excluding carboxylic acids is 1. The summed E-state index contributed by atoms with van der Waals surface area (Å²) < 4.78 is 4.73. The van der Waals surface area contributed by atoms with E-state index in [0.717, 1.165) is 24.6 Å². The molecule has 0 fully saturated rings. The second-order valence-corrected chi connectivity index (χ2v) is 6.35. The third-order valence-electron chi connectivity index (χ3n) is 4.32. The Balaban J connectivity index is 1.79. The van der Waals surface area contributed by atoms with Gasteiger partial charge in [-0.1, -0.05) is 30.3 Å². The molecule has 6 heteroatoms. The molecule has 0 aliphatic rings. The summed E-state index contributed by atoms with van der Waals surface area (Å²) >= 11 is 0. The van der Waals surface area contributed by atoms with E-state index in [9.17, 15) is 4.79 Å². The third kappa shape index (κ3) is 4.85. The Morgan fingerprint density at radius 3 is 2.43 bits per heavy atom. The van der Waals surface area contributed by atoms with Gasteiger partial charge >= 0.3 is 5.97 Å². The molecule has 0 unspecified atom stereocenters. The lowest BCUT2D eigenvalue weighted by molar-refractivity contribution is 0.0601. The topological polar surface area (TPSA) is 67.4 Å². The smallest absolute Gasteiger partial charge is 0.337 e. The number of benzene rings is 2. The highest BCUT2D eigenvalue weighted by Crippen LogP contribution is 2.21. The second-order valence-electron chi connectivity index (χ2n) is 6.35. The van der Waals surface area contributed by atoms with Crippen molar-refractivity contribution in [2.75, 3.05) is 23.9 Å². The first kappa shape index (κ1) is 19.4. The van der Waals surface area contributed by atoms with Gasteiger partial charge in [0.2, 0.25) is 0 Å². The largest absolute Gasteiger partial charge is 0.465 e. The summed E-state index contributed by atoms with van der Waals surface area (Å²) in [7, 11) is 1.37. The van der Waals surface area contributed by atoms with E-state index in [4.69, 9.17) is 4.74 Å². The van der Waals surface area contributed by atoms with Crippen LogP contribution in [-0.2, 0) is 11.3 Å². The van der Waals surface area contributed by atoms with E-state index in [1.165, 1.54) is 12.7 Å². The molecule has 144 valence electrons. The SMILES string of the molecule is CCN(Cc1ccccc1)c1cc(Nc2ccc(C(=O)OC)cc2)nc(C)n1. The Hall–Kier alpha value is -3.41. The number of aromatic nitrogens is 2. The number of ether oxygens (including phenoxy) is 1. The number of hydrogen-bond donors (Lipinski definition) is 1. The number of methoxy groups -OCH3 is 1. The van der Waals surface area contributed by atoms with Gasteiger partial charge < -0.3 is 15.0 Å². The summed E-state index contributed by atoms with van der Waals surface area (Å²) in [6.45, 7) is 5.60. The highest BCUT2D eigenvalue weighted by molar-refractivity contribution is 5.89. The summed E-state index contributed by atoms with van der Waals surface area (Å²) in [5.41, 5.74) is 2.57. The predicted molar refractivity (Wildman–Crippen MR) is 111 cm³/mol. The molecule has 1 aromatic heterocycles. The van der Waals surface area contributed by atoms with Crippen LogP contribution in [0.15, 0.2) is 60.7 Å². The van der Waals surface area contributed by atoms with E-state index < -0.39 is 0 Å². The maximum absolute atomic E-state index is 11.6. The molecule has 0 saturated heterocycles. The molecule has 28 heavy (non-hydrogen) atoms. The quantitative estimate of drug-likeness (QED) is 0.619. The molecule has 0 amide bonds. The van der Waals surface area contributed by atoms with Crippen LogP contribution in [0.3, 0.4) is 0 Å². The minimum atomic E-state index is -0.355. The average molecular weight is 376 g/mol. The molecule has 3 aromatic rings. The normalized spacial score (nSPS) is 10.4. The van der Waals surface area contributed by atoms with Gasteiger partial charge in [0.25, 0.3) is 0 Å². The van der Waals surface area contributed by atoms with E-state index in [1.807, 2.05) is 43.3 Å². The van der Waals surface area contributed by atoms with Crippen LogP contribution < -0.4 is 10.2 Å². The molecule has 6 nitrogen and oxygen atoms in total. The maximum atomic E-state index is 11.6. The molecule has 1 heterocycles. The lowest BCUT2D eigenvalue weighted by Gasteiger charge is -2.23. The maximum Gasteiger partial charge on any atom is 0.337 e. The number of aryl methyl sites for hydroxylation is 1. The van der Waals surface area contributed by atoms with Crippen molar-refractivity contribution >= 4 is 23.3 Å². The molecule has 0 aliphatic carbocycles. The van der Waals surface area contributed by atoms with Crippen LogP contribution in [-0.4, -0.2) is 29.6 Å². The monoisotopic (exact) mass is 376 g/mol. The summed E-state index contributed by atoms with van der Waals surface area (Å²) in [4.78, 5) is 22.9. The zero-order valence-corrected chi connectivity index (χ0v) is 16.3. The van der Waals surface area contributed by atoms with Gasteiger partial charge in [-0.3, -0.25) is 0 Å². The van der Waals surface area contributed by atoms with Crippen molar-refractivity contribution in [3.05, 3.63) is 77.6 Å². The van der Waals surface area contributed by atoms with E-state index in [2.05, 4.69) is 39.2 Å². The molecule has 0 aliphatic heterocycles. The highest BCUT2D eigenvalue weighted by Gasteiger charge is 2.11. The Labute approximate surface area is 165 Å².